The van der Waals surface area contributed by atoms with E-state index in [4.69, 9.17) is 4.99 Å². The summed E-state index contributed by atoms with van der Waals surface area (Å²) in [5.41, 5.74) is 0.380. The van der Waals surface area contributed by atoms with E-state index in [1.165, 1.54) is 89.9 Å². The molecular weight excluding hydrogens is 278 g/mol. The second-order valence-corrected chi connectivity index (χ2v) is 8.13. The number of allylic oxidation sites excluding steroid dienone is 3. The molecule has 0 aromatic carbocycles. The predicted molar refractivity (Wildman–Crippen MR) is 101 cm³/mol. The van der Waals surface area contributed by atoms with Crippen molar-refractivity contribution in [3.63, 3.8) is 0 Å². The van der Waals surface area contributed by atoms with Crippen LogP contribution in [-0.2, 0) is 0 Å². The molecule has 0 bridgehead atoms. The Balaban J connectivity index is 1.76. The van der Waals surface area contributed by atoms with E-state index in [0.29, 0.717) is 11.5 Å². The highest BCUT2D eigenvalue weighted by Crippen LogP contribution is 2.39. The first-order valence-electron chi connectivity index (χ1n) is 10.2. The maximum absolute atomic E-state index is 5.25. The molecule has 2 aliphatic carbocycles. The van der Waals surface area contributed by atoms with Crippen LogP contribution in [0.1, 0.15) is 89.9 Å². The van der Waals surface area contributed by atoms with Gasteiger partial charge in [-0.2, -0.15) is 0 Å². The van der Waals surface area contributed by atoms with Crippen LogP contribution in [0, 0.1) is 11.3 Å². The molecule has 0 saturated heterocycles. The first-order valence-corrected chi connectivity index (χ1v) is 10.2. The maximum atomic E-state index is 5.25. The molecule has 2 fully saturated rings. The molecule has 0 amide bonds. The van der Waals surface area contributed by atoms with Crippen LogP contribution in [0.15, 0.2) is 29.3 Å². The summed E-state index contributed by atoms with van der Waals surface area (Å²) in [6.45, 7) is 0. The predicted octanol–water partition coefficient (Wildman–Crippen LogP) is 6.64. The highest BCUT2D eigenvalue weighted by atomic mass is 14.8. The molecule has 0 aromatic rings. The standard InChI is InChI=1S/C22H35N/c1-2-4-10-16-22(17-11-6-12-18-22)19-23-21(15-9-3-1)20-13-7-5-8-14-20/h3-4,9-10,19-21H,1-2,5-8,11-18H2/b9-3-,10-4+,23-19?. The van der Waals surface area contributed by atoms with Crippen LogP contribution in [0.4, 0.5) is 0 Å². The zero-order valence-electron chi connectivity index (χ0n) is 14.9. The van der Waals surface area contributed by atoms with Gasteiger partial charge in [-0.3, -0.25) is 4.99 Å². The topological polar surface area (TPSA) is 12.4 Å². The van der Waals surface area contributed by atoms with Gasteiger partial charge in [0.25, 0.3) is 0 Å². The molecule has 3 rings (SSSR count). The van der Waals surface area contributed by atoms with Crippen LogP contribution >= 0.6 is 0 Å². The molecule has 1 unspecified atom stereocenters. The number of hydrogen-bond donors (Lipinski definition) is 0. The van der Waals surface area contributed by atoms with Crippen molar-refractivity contribution in [2.75, 3.05) is 0 Å². The highest BCUT2D eigenvalue weighted by molar-refractivity contribution is 5.66. The lowest BCUT2D eigenvalue weighted by Crippen LogP contribution is -2.28. The van der Waals surface area contributed by atoms with E-state index in [0.717, 1.165) is 5.92 Å². The summed E-state index contributed by atoms with van der Waals surface area (Å²) in [5.74, 6) is 0.837. The third-order valence-electron chi connectivity index (χ3n) is 6.32. The Labute approximate surface area is 143 Å². The smallest absolute Gasteiger partial charge is 0.0558 e. The van der Waals surface area contributed by atoms with Crippen molar-refractivity contribution in [2.45, 2.75) is 95.9 Å². The first-order chi connectivity index (χ1) is 11.4. The van der Waals surface area contributed by atoms with E-state index in [9.17, 15) is 0 Å². The van der Waals surface area contributed by atoms with E-state index < -0.39 is 0 Å². The number of aliphatic imine (C=N–C) groups is 1. The third kappa shape index (κ3) is 5.06. The van der Waals surface area contributed by atoms with Gasteiger partial charge in [0.05, 0.1) is 6.04 Å². The largest absolute Gasteiger partial charge is 0.293 e. The van der Waals surface area contributed by atoms with Crippen LogP contribution in [0.3, 0.4) is 0 Å². The second-order valence-electron chi connectivity index (χ2n) is 8.13. The lowest BCUT2D eigenvalue weighted by molar-refractivity contribution is 0.283. The van der Waals surface area contributed by atoms with Crippen molar-refractivity contribution in [3.8, 4) is 0 Å². The Hall–Kier alpha value is -0.850. The molecular formula is C22H35N. The van der Waals surface area contributed by atoms with Gasteiger partial charge in [0, 0.05) is 11.6 Å². The molecule has 3 aliphatic rings. The fourth-order valence-corrected chi connectivity index (χ4v) is 4.77. The van der Waals surface area contributed by atoms with Crippen molar-refractivity contribution >= 4 is 6.21 Å². The van der Waals surface area contributed by atoms with Gasteiger partial charge in [-0.25, -0.2) is 0 Å². The van der Waals surface area contributed by atoms with Gasteiger partial charge in [-0.05, 0) is 57.3 Å². The molecule has 1 aliphatic heterocycles. The van der Waals surface area contributed by atoms with Gasteiger partial charge in [-0.15, -0.1) is 0 Å². The molecule has 0 N–H and O–H groups in total. The number of hydrogen-bond acceptors (Lipinski definition) is 1. The molecule has 1 nitrogen and oxygen atoms in total. The van der Waals surface area contributed by atoms with Gasteiger partial charge >= 0.3 is 0 Å². The Morgan fingerprint density at radius 3 is 2.22 bits per heavy atom. The summed E-state index contributed by atoms with van der Waals surface area (Å²) in [5, 5.41) is 0. The first kappa shape index (κ1) is 17.0. The summed E-state index contributed by atoms with van der Waals surface area (Å²) in [7, 11) is 0. The minimum Gasteiger partial charge on any atom is -0.293 e. The molecule has 0 aromatic heterocycles. The summed E-state index contributed by atoms with van der Waals surface area (Å²) in [6, 6.07) is 0.550. The lowest BCUT2D eigenvalue weighted by atomic mass is 9.72. The number of nitrogens with zero attached hydrogens (tertiary/aromatic N) is 1. The Morgan fingerprint density at radius 1 is 0.739 bits per heavy atom. The van der Waals surface area contributed by atoms with Crippen molar-refractivity contribution in [1.82, 2.24) is 0 Å². The lowest BCUT2D eigenvalue weighted by Gasteiger charge is -2.34. The minimum atomic E-state index is 0.380. The van der Waals surface area contributed by atoms with Crippen LogP contribution < -0.4 is 0 Å². The van der Waals surface area contributed by atoms with Crippen LogP contribution in [0.5, 0.6) is 0 Å². The second kappa shape index (κ2) is 8.85. The average Bonchev–Trinajstić information content (AvgIpc) is 2.60. The molecule has 2 saturated carbocycles. The summed E-state index contributed by atoms with van der Waals surface area (Å²) in [4.78, 5) is 5.25. The summed E-state index contributed by atoms with van der Waals surface area (Å²) < 4.78 is 0. The molecule has 1 heteroatoms. The normalized spacial score (nSPS) is 32.8. The Kier molecular flexibility index (Phi) is 6.54. The summed E-state index contributed by atoms with van der Waals surface area (Å²) >= 11 is 0. The van der Waals surface area contributed by atoms with E-state index in [1.54, 1.807) is 0 Å². The molecule has 1 heterocycles. The van der Waals surface area contributed by atoms with Crippen LogP contribution in [0.25, 0.3) is 0 Å². The van der Waals surface area contributed by atoms with E-state index >= 15 is 0 Å². The minimum absolute atomic E-state index is 0.380. The van der Waals surface area contributed by atoms with Gasteiger partial charge in [0.2, 0.25) is 0 Å². The Morgan fingerprint density at radius 2 is 1.43 bits per heavy atom. The molecule has 1 atom stereocenters. The summed E-state index contributed by atoms with van der Waals surface area (Å²) in [6.07, 6.45) is 30.9. The monoisotopic (exact) mass is 313 g/mol. The van der Waals surface area contributed by atoms with Crippen molar-refractivity contribution in [2.24, 2.45) is 16.3 Å². The van der Waals surface area contributed by atoms with E-state index in [2.05, 4.69) is 30.5 Å². The fraction of sp³-hybridized carbons (Fsp3) is 0.773. The zero-order valence-corrected chi connectivity index (χ0v) is 14.9. The van der Waals surface area contributed by atoms with Gasteiger partial charge in [0.15, 0.2) is 0 Å². The van der Waals surface area contributed by atoms with Crippen molar-refractivity contribution < 1.29 is 0 Å². The number of rotatable bonds is 1. The maximum Gasteiger partial charge on any atom is 0.0558 e. The third-order valence-corrected chi connectivity index (χ3v) is 6.32. The Bertz CT molecular complexity index is 419. The average molecular weight is 314 g/mol. The highest BCUT2D eigenvalue weighted by Gasteiger charge is 2.30. The zero-order chi connectivity index (χ0) is 15.8. The van der Waals surface area contributed by atoms with Gasteiger partial charge in [0.1, 0.15) is 0 Å². The van der Waals surface area contributed by atoms with Gasteiger partial charge in [-0.1, -0.05) is 62.8 Å². The van der Waals surface area contributed by atoms with Crippen molar-refractivity contribution in [1.29, 1.82) is 0 Å². The quantitative estimate of drug-likeness (QED) is 0.481. The fourth-order valence-electron chi connectivity index (χ4n) is 4.77. The molecule has 1 spiro atoms. The SMILES string of the molecule is C1=NC(C2CCCCC2)C/C=C\CC/C=C/CC12CCCCC2. The van der Waals surface area contributed by atoms with Crippen molar-refractivity contribution in [3.05, 3.63) is 24.3 Å². The van der Waals surface area contributed by atoms with Crippen LogP contribution in [-0.4, -0.2) is 12.3 Å². The molecule has 23 heavy (non-hydrogen) atoms. The molecule has 0 radical (unpaired) electrons. The van der Waals surface area contributed by atoms with E-state index in [-0.39, 0.29) is 0 Å². The van der Waals surface area contributed by atoms with Gasteiger partial charge < -0.3 is 0 Å². The van der Waals surface area contributed by atoms with E-state index in [1.807, 2.05) is 0 Å². The van der Waals surface area contributed by atoms with Crippen LogP contribution in [0.2, 0.25) is 0 Å². The molecule has 128 valence electrons.